The summed E-state index contributed by atoms with van der Waals surface area (Å²) >= 11 is 0. The first kappa shape index (κ1) is 13.5. The van der Waals surface area contributed by atoms with E-state index in [9.17, 15) is 18.9 Å². The molecule has 1 unspecified atom stereocenters. The summed E-state index contributed by atoms with van der Waals surface area (Å²) in [6, 6.07) is 0.833. The second kappa shape index (κ2) is 5.65. The highest BCUT2D eigenvalue weighted by molar-refractivity contribution is 5.42. The van der Waals surface area contributed by atoms with Gasteiger partial charge in [-0.15, -0.1) is 0 Å². The summed E-state index contributed by atoms with van der Waals surface area (Å²) < 4.78 is 31.0. The van der Waals surface area contributed by atoms with E-state index in [0.29, 0.717) is 6.07 Å². The molecule has 0 spiro atoms. The fraction of sp³-hybridized carbons (Fsp3) is 0.400. The van der Waals surface area contributed by atoms with Crippen LogP contribution < -0.4 is 5.73 Å². The molecule has 17 heavy (non-hydrogen) atoms. The Morgan fingerprint density at radius 2 is 2.18 bits per heavy atom. The van der Waals surface area contributed by atoms with Crippen LogP contribution in [-0.4, -0.2) is 24.7 Å². The Bertz CT molecular complexity index is 426. The first-order valence-corrected chi connectivity index (χ1v) is 4.82. The van der Waals surface area contributed by atoms with Gasteiger partial charge in [0.25, 0.3) is 0 Å². The fourth-order valence-corrected chi connectivity index (χ4v) is 1.53. The number of nitrogens with zero attached hydrogens (tertiary/aromatic N) is 1. The minimum absolute atomic E-state index is 0.0289. The number of nitro groups is 1. The van der Waals surface area contributed by atoms with Crippen LogP contribution in [0.15, 0.2) is 12.1 Å². The van der Waals surface area contributed by atoms with Crippen LogP contribution in [0.2, 0.25) is 0 Å². The maximum Gasteiger partial charge on any atom is 0.308 e. The molecule has 0 saturated heterocycles. The predicted molar refractivity (Wildman–Crippen MR) is 56.6 cm³/mol. The van der Waals surface area contributed by atoms with Crippen LogP contribution in [0.1, 0.15) is 5.56 Å². The number of rotatable bonds is 5. The molecule has 0 amide bonds. The van der Waals surface area contributed by atoms with Gasteiger partial charge < -0.3 is 10.5 Å². The largest absolute Gasteiger partial charge is 0.383 e. The molecule has 94 valence electrons. The average Bonchev–Trinajstić information content (AvgIpc) is 2.15. The average molecular weight is 246 g/mol. The van der Waals surface area contributed by atoms with Gasteiger partial charge in [-0.25, -0.2) is 4.39 Å². The van der Waals surface area contributed by atoms with Crippen molar-refractivity contribution in [2.75, 3.05) is 13.7 Å². The monoisotopic (exact) mass is 246 g/mol. The van der Waals surface area contributed by atoms with Gasteiger partial charge in [0, 0.05) is 24.8 Å². The minimum atomic E-state index is -1.20. The maximum absolute atomic E-state index is 13.2. The van der Waals surface area contributed by atoms with Gasteiger partial charge in [0.1, 0.15) is 5.82 Å². The summed E-state index contributed by atoms with van der Waals surface area (Å²) in [6.45, 7) is 0.148. The van der Waals surface area contributed by atoms with Gasteiger partial charge in [0.2, 0.25) is 5.82 Å². The van der Waals surface area contributed by atoms with Gasteiger partial charge in [0.15, 0.2) is 0 Å². The van der Waals surface area contributed by atoms with Crippen molar-refractivity contribution in [3.63, 3.8) is 0 Å². The molecule has 0 heterocycles. The zero-order chi connectivity index (χ0) is 13.0. The normalized spacial score (nSPS) is 12.5. The van der Waals surface area contributed by atoms with Crippen LogP contribution in [0.4, 0.5) is 14.5 Å². The Balaban J connectivity index is 3.08. The molecular formula is C10H12F2N2O3. The van der Waals surface area contributed by atoms with E-state index >= 15 is 0 Å². The second-order valence-electron chi connectivity index (χ2n) is 3.57. The van der Waals surface area contributed by atoms with Crippen molar-refractivity contribution in [2.45, 2.75) is 12.5 Å². The van der Waals surface area contributed by atoms with Crippen molar-refractivity contribution in [1.29, 1.82) is 0 Å². The van der Waals surface area contributed by atoms with Gasteiger partial charge in [-0.3, -0.25) is 10.1 Å². The Kier molecular flexibility index (Phi) is 4.47. The van der Waals surface area contributed by atoms with Gasteiger partial charge >= 0.3 is 5.69 Å². The van der Waals surface area contributed by atoms with Crippen LogP contribution in [-0.2, 0) is 11.2 Å². The van der Waals surface area contributed by atoms with Crippen LogP contribution in [0, 0.1) is 21.7 Å². The summed E-state index contributed by atoms with van der Waals surface area (Å²) in [5.41, 5.74) is 4.78. The standard InChI is InChI=1S/C10H12F2N2O3/c1-17-5-8(13)3-6-2-7(11)4-9(12)10(6)14(15)16/h2,4,8H,3,5,13H2,1H3. The Morgan fingerprint density at radius 3 is 2.71 bits per heavy atom. The van der Waals surface area contributed by atoms with E-state index in [-0.39, 0.29) is 18.6 Å². The second-order valence-corrected chi connectivity index (χ2v) is 3.57. The van der Waals surface area contributed by atoms with Crippen molar-refractivity contribution >= 4 is 5.69 Å². The van der Waals surface area contributed by atoms with Crippen molar-refractivity contribution in [3.8, 4) is 0 Å². The topological polar surface area (TPSA) is 78.4 Å². The van der Waals surface area contributed by atoms with Crippen molar-refractivity contribution in [3.05, 3.63) is 39.4 Å². The number of nitro benzene ring substituents is 1. The highest BCUT2D eigenvalue weighted by Crippen LogP contribution is 2.25. The van der Waals surface area contributed by atoms with Crippen LogP contribution in [0.3, 0.4) is 0 Å². The Hall–Kier alpha value is -1.60. The van der Waals surface area contributed by atoms with Crippen molar-refractivity contribution < 1.29 is 18.4 Å². The molecule has 0 bridgehead atoms. The van der Waals surface area contributed by atoms with E-state index in [1.807, 2.05) is 0 Å². The molecule has 5 nitrogen and oxygen atoms in total. The number of hydrogen-bond donors (Lipinski definition) is 1. The fourth-order valence-electron chi connectivity index (χ4n) is 1.53. The summed E-state index contributed by atoms with van der Waals surface area (Å²) in [5.74, 6) is -2.07. The third-order valence-electron chi connectivity index (χ3n) is 2.15. The van der Waals surface area contributed by atoms with Crippen molar-refractivity contribution in [2.24, 2.45) is 5.73 Å². The lowest BCUT2D eigenvalue weighted by Gasteiger charge is -2.10. The summed E-state index contributed by atoms with van der Waals surface area (Å²) in [6.07, 6.45) is -0.0289. The molecule has 0 radical (unpaired) electrons. The van der Waals surface area contributed by atoms with E-state index in [2.05, 4.69) is 0 Å². The smallest absolute Gasteiger partial charge is 0.308 e. The van der Waals surface area contributed by atoms with E-state index in [1.54, 1.807) is 0 Å². The van der Waals surface area contributed by atoms with Crippen molar-refractivity contribution in [1.82, 2.24) is 0 Å². The summed E-state index contributed by atoms with van der Waals surface area (Å²) in [7, 11) is 1.42. The van der Waals surface area contributed by atoms with Crippen LogP contribution in [0.5, 0.6) is 0 Å². The zero-order valence-electron chi connectivity index (χ0n) is 9.15. The summed E-state index contributed by atoms with van der Waals surface area (Å²) in [5, 5.41) is 10.7. The lowest BCUT2D eigenvalue weighted by atomic mass is 10.0. The zero-order valence-corrected chi connectivity index (χ0v) is 9.15. The highest BCUT2D eigenvalue weighted by atomic mass is 19.1. The van der Waals surface area contributed by atoms with Crippen LogP contribution in [0.25, 0.3) is 0 Å². The van der Waals surface area contributed by atoms with E-state index in [0.717, 1.165) is 6.07 Å². The number of methoxy groups -OCH3 is 1. The molecule has 0 aliphatic heterocycles. The van der Waals surface area contributed by atoms with Gasteiger partial charge in [-0.1, -0.05) is 0 Å². The lowest BCUT2D eigenvalue weighted by Crippen LogP contribution is -2.28. The third kappa shape index (κ3) is 3.43. The van der Waals surface area contributed by atoms with Gasteiger partial charge in [-0.05, 0) is 12.5 Å². The molecule has 2 N–H and O–H groups in total. The maximum atomic E-state index is 13.2. The number of ether oxygens (including phenoxy) is 1. The molecule has 7 heteroatoms. The molecule has 0 aliphatic carbocycles. The number of hydrogen-bond acceptors (Lipinski definition) is 4. The lowest BCUT2D eigenvalue weighted by molar-refractivity contribution is -0.388. The van der Waals surface area contributed by atoms with E-state index in [4.69, 9.17) is 10.5 Å². The molecule has 0 saturated carbocycles. The van der Waals surface area contributed by atoms with Crippen LogP contribution >= 0.6 is 0 Å². The van der Waals surface area contributed by atoms with E-state index in [1.165, 1.54) is 7.11 Å². The number of halogens is 2. The molecule has 1 aromatic carbocycles. The first-order valence-electron chi connectivity index (χ1n) is 4.82. The molecular weight excluding hydrogens is 234 g/mol. The molecule has 1 rings (SSSR count). The van der Waals surface area contributed by atoms with Gasteiger partial charge in [0.05, 0.1) is 11.5 Å². The third-order valence-corrected chi connectivity index (χ3v) is 2.15. The number of nitrogens with two attached hydrogens (primary N) is 1. The quantitative estimate of drug-likeness (QED) is 0.629. The number of benzene rings is 1. The first-order chi connectivity index (χ1) is 7.95. The molecule has 0 fully saturated rings. The predicted octanol–water partition coefficient (Wildman–Crippen LogP) is 1.39. The molecule has 1 aromatic rings. The molecule has 1 atom stereocenters. The SMILES string of the molecule is COCC(N)Cc1cc(F)cc(F)c1[N+](=O)[O-]. The molecule has 0 aromatic heterocycles. The Labute approximate surface area is 96.3 Å². The van der Waals surface area contributed by atoms with E-state index < -0.39 is 28.3 Å². The molecule has 0 aliphatic rings. The Morgan fingerprint density at radius 1 is 1.53 bits per heavy atom. The minimum Gasteiger partial charge on any atom is -0.383 e. The summed E-state index contributed by atoms with van der Waals surface area (Å²) in [4.78, 5) is 9.78. The van der Waals surface area contributed by atoms with Gasteiger partial charge in [-0.2, -0.15) is 4.39 Å². The highest BCUT2D eigenvalue weighted by Gasteiger charge is 2.23.